The molecule has 1 fully saturated rings. The number of benzene rings is 1. The van der Waals surface area contributed by atoms with E-state index < -0.39 is 11.4 Å². The minimum Gasteiger partial charge on any atom is -0.444 e. The first-order valence-corrected chi connectivity index (χ1v) is 10.3. The Hall–Kier alpha value is -2.11. The maximum atomic E-state index is 14.7. The van der Waals surface area contributed by atoms with Crippen molar-refractivity contribution in [3.8, 4) is 6.07 Å². The van der Waals surface area contributed by atoms with Gasteiger partial charge in [-0.25, -0.2) is 9.18 Å². The number of rotatable bonds is 1. The van der Waals surface area contributed by atoms with Gasteiger partial charge in [0.25, 0.3) is 0 Å². The van der Waals surface area contributed by atoms with E-state index in [1.165, 1.54) is 6.20 Å². The van der Waals surface area contributed by atoms with E-state index in [-0.39, 0.29) is 27.1 Å². The number of fused-ring (bicyclic) bond motifs is 1. The Morgan fingerprint density at radius 1 is 1.45 bits per heavy atom. The Labute approximate surface area is 182 Å². The normalized spacial score (nSPS) is 17.4. The first-order chi connectivity index (χ1) is 13.5. The molecular formula is C20H21BrClFN4O2. The van der Waals surface area contributed by atoms with Crippen molar-refractivity contribution in [2.75, 3.05) is 24.5 Å². The fourth-order valence-corrected chi connectivity index (χ4v) is 3.90. The first kappa shape index (κ1) is 21.6. The summed E-state index contributed by atoms with van der Waals surface area (Å²) in [5.74, 6) is -0.571. The lowest BCUT2D eigenvalue weighted by atomic mass is 10.1. The van der Waals surface area contributed by atoms with Gasteiger partial charge in [0.15, 0.2) is 5.82 Å². The molecule has 1 atom stereocenters. The van der Waals surface area contributed by atoms with Gasteiger partial charge in [-0.15, -0.1) is 0 Å². The zero-order chi connectivity index (χ0) is 21.5. The number of hydrogen-bond donors (Lipinski definition) is 0. The van der Waals surface area contributed by atoms with Crippen LogP contribution in [0.1, 0.15) is 33.3 Å². The molecule has 1 unspecified atom stereocenters. The average Bonchev–Trinajstić information content (AvgIpc) is 2.63. The van der Waals surface area contributed by atoms with Crippen LogP contribution in [-0.2, 0) is 4.74 Å². The SMILES string of the molecule is CC1CN(c2c(C#N)cnc3c(F)c(Br)c(Cl)cc23)CCN1C(=O)OC(C)(C)C. The Morgan fingerprint density at radius 2 is 2.14 bits per heavy atom. The number of nitrogens with zero attached hydrogens (tertiary/aromatic N) is 4. The molecule has 1 aliphatic rings. The van der Waals surface area contributed by atoms with Crippen LogP contribution in [0.15, 0.2) is 16.7 Å². The molecule has 2 aromatic rings. The van der Waals surface area contributed by atoms with Crippen molar-refractivity contribution >= 4 is 50.2 Å². The van der Waals surface area contributed by atoms with Crippen LogP contribution in [-0.4, -0.2) is 47.3 Å². The molecule has 1 saturated heterocycles. The van der Waals surface area contributed by atoms with Gasteiger partial charge < -0.3 is 14.5 Å². The lowest BCUT2D eigenvalue weighted by Crippen LogP contribution is -2.55. The summed E-state index contributed by atoms with van der Waals surface area (Å²) in [6.45, 7) is 8.72. The molecule has 0 bridgehead atoms. The molecule has 0 N–H and O–H groups in total. The second-order valence-corrected chi connectivity index (χ2v) is 9.18. The molecule has 1 amide bonds. The van der Waals surface area contributed by atoms with Gasteiger partial charge in [0, 0.05) is 37.3 Å². The Morgan fingerprint density at radius 3 is 2.72 bits per heavy atom. The number of amides is 1. The number of piperazine rings is 1. The highest BCUT2D eigenvalue weighted by molar-refractivity contribution is 9.10. The number of nitriles is 1. The third-order valence-corrected chi connectivity index (χ3v) is 5.96. The van der Waals surface area contributed by atoms with Crippen molar-refractivity contribution in [3.63, 3.8) is 0 Å². The molecule has 0 spiro atoms. The van der Waals surface area contributed by atoms with Crippen LogP contribution < -0.4 is 4.90 Å². The molecule has 29 heavy (non-hydrogen) atoms. The van der Waals surface area contributed by atoms with Crippen molar-refractivity contribution < 1.29 is 13.9 Å². The van der Waals surface area contributed by atoms with Crippen LogP contribution in [0.2, 0.25) is 5.02 Å². The monoisotopic (exact) mass is 482 g/mol. The number of halogens is 3. The van der Waals surface area contributed by atoms with E-state index in [1.807, 2.05) is 32.6 Å². The minimum absolute atomic E-state index is 0.137. The van der Waals surface area contributed by atoms with E-state index in [9.17, 15) is 14.4 Å². The largest absolute Gasteiger partial charge is 0.444 e. The summed E-state index contributed by atoms with van der Waals surface area (Å²) >= 11 is 9.30. The van der Waals surface area contributed by atoms with E-state index in [0.717, 1.165) is 0 Å². The average molecular weight is 484 g/mol. The predicted molar refractivity (Wildman–Crippen MR) is 114 cm³/mol. The van der Waals surface area contributed by atoms with Crippen molar-refractivity contribution in [2.24, 2.45) is 0 Å². The zero-order valence-corrected chi connectivity index (χ0v) is 18.9. The molecule has 2 heterocycles. The molecule has 0 aliphatic carbocycles. The molecule has 9 heteroatoms. The van der Waals surface area contributed by atoms with E-state index in [1.54, 1.807) is 11.0 Å². The third kappa shape index (κ3) is 4.26. The molecular weight excluding hydrogens is 463 g/mol. The van der Waals surface area contributed by atoms with E-state index in [4.69, 9.17) is 16.3 Å². The van der Waals surface area contributed by atoms with Crippen molar-refractivity contribution in [3.05, 3.63) is 33.1 Å². The summed E-state index contributed by atoms with van der Waals surface area (Å²) in [5.41, 5.74) is 0.456. The maximum Gasteiger partial charge on any atom is 0.410 e. The molecule has 0 saturated carbocycles. The summed E-state index contributed by atoms with van der Waals surface area (Å²) in [7, 11) is 0. The fourth-order valence-electron chi connectivity index (χ4n) is 3.40. The molecule has 1 aromatic heterocycles. The molecule has 0 radical (unpaired) electrons. The van der Waals surface area contributed by atoms with Crippen LogP contribution in [0.5, 0.6) is 0 Å². The van der Waals surface area contributed by atoms with Gasteiger partial charge in [0.05, 0.1) is 20.7 Å². The summed E-state index contributed by atoms with van der Waals surface area (Å²) in [6, 6.07) is 3.58. The number of ether oxygens (including phenoxy) is 1. The Balaban J connectivity index is 1.98. The van der Waals surface area contributed by atoms with Crippen LogP contribution >= 0.6 is 27.5 Å². The fraction of sp³-hybridized carbons (Fsp3) is 0.450. The third-order valence-electron chi connectivity index (χ3n) is 4.66. The molecule has 3 rings (SSSR count). The number of anilines is 1. The lowest BCUT2D eigenvalue weighted by molar-refractivity contribution is 0.0159. The van der Waals surface area contributed by atoms with Crippen molar-refractivity contribution in [1.82, 2.24) is 9.88 Å². The van der Waals surface area contributed by atoms with Gasteiger partial charge >= 0.3 is 6.09 Å². The summed E-state index contributed by atoms with van der Waals surface area (Å²) < 4.78 is 20.3. The van der Waals surface area contributed by atoms with E-state index in [0.29, 0.717) is 36.3 Å². The standard InChI is InChI=1S/C20H21BrClFN4O2/c1-11-10-26(5-6-27(11)19(28)29-20(2,3)4)18-12(8-24)9-25-17-13(18)7-14(22)15(21)16(17)23/h7,9,11H,5-6,10H2,1-4H3. The van der Waals surface area contributed by atoms with Crippen molar-refractivity contribution in [1.29, 1.82) is 5.26 Å². The molecule has 154 valence electrons. The van der Waals surface area contributed by atoms with Gasteiger partial charge in [-0.1, -0.05) is 11.6 Å². The van der Waals surface area contributed by atoms with Crippen LogP contribution in [0, 0.1) is 17.1 Å². The Bertz CT molecular complexity index is 1020. The highest BCUT2D eigenvalue weighted by Crippen LogP contribution is 2.38. The first-order valence-electron chi connectivity index (χ1n) is 9.14. The van der Waals surface area contributed by atoms with Crippen LogP contribution in [0.25, 0.3) is 10.9 Å². The summed E-state index contributed by atoms with van der Waals surface area (Å²) in [4.78, 5) is 20.2. The zero-order valence-electron chi connectivity index (χ0n) is 16.6. The maximum absolute atomic E-state index is 14.7. The number of carbonyl (C=O) groups excluding carboxylic acids is 1. The number of pyridine rings is 1. The lowest BCUT2D eigenvalue weighted by Gasteiger charge is -2.41. The van der Waals surface area contributed by atoms with Gasteiger partial charge in [0.1, 0.15) is 17.2 Å². The summed E-state index contributed by atoms with van der Waals surface area (Å²) in [5, 5.41) is 10.3. The molecule has 6 nitrogen and oxygen atoms in total. The number of hydrogen-bond acceptors (Lipinski definition) is 5. The topological polar surface area (TPSA) is 69.5 Å². The minimum atomic E-state index is -0.578. The molecule has 1 aliphatic heterocycles. The second-order valence-electron chi connectivity index (χ2n) is 7.98. The van der Waals surface area contributed by atoms with Gasteiger partial charge in [-0.05, 0) is 49.7 Å². The quantitative estimate of drug-likeness (QED) is 0.527. The van der Waals surface area contributed by atoms with Crippen LogP contribution in [0.3, 0.4) is 0 Å². The van der Waals surface area contributed by atoms with Crippen molar-refractivity contribution in [2.45, 2.75) is 39.3 Å². The second kappa shape index (κ2) is 7.96. The smallest absolute Gasteiger partial charge is 0.410 e. The van der Waals surface area contributed by atoms with Crippen LogP contribution in [0.4, 0.5) is 14.9 Å². The highest BCUT2D eigenvalue weighted by atomic mass is 79.9. The predicted octanol–water partition coefficient (Wildman–Crippen LogP) is 5.11. The van der Waals surface area contributed by atoms with Gasteiger partial charge in [-0.3, -0.25) is 4.98 Å². The van der Waals surface area contributed by atoms with Gasteiger partial charge in [-0.2, -0.15) is 5.26 Å². The molecule has 1 aromatic carbocycles. The highest BCUT2D eigenvalue weighted by Gasteiger charge is 2.32. The Kier molecular flexibility index (Phi) is 5.93. The summed E-state index contributed by atoms with van der Waals surface area (Å²) in [6.07, 6.45) is 0.995. The number of carbonyl (C=O) groups is 1. The van der Waals surface area contributed by atoms with E-state index >= 15 is 0 Å². The number of aromatic nitrogens is 1. The van der Waals surface area contributed by atoms with E-state index in [2.05, 4.69) is 27.0 Å². The van der Waals surface area contributed by atoms with Gasteiger partial charge in [0.2, 0.25) is 0 Å².